The summed E-state index contributed by atoms with van der Waals surface area (Å²) in [5, 5.41) is 1.13. The Morgan fingerprint density at radius 3 is 1.44 bits per heavy atom. The number of hydrogen-bond acceptors (Lipinski definition) is 2. The van der Waals surface area contributed by atoms with Crippen LogP contribution in [-0.2, 0) is 5.41 Å². The summed E-state index contributed by atoms with van der Waals surface area (Å²) in [4.78, 5) is 2.38. The van der Waals surface area contributed by atoms with Crippen molar-refractivity contribution in [2.24, 2.45) is 0 Å². The number of hydrogen-bond donors (Lipinski definition) is 0. The van der Waals surface area contributed by atoms with E-state index in [1.807, 2.05) is 0 Å². The van der Waals surface area contributed by atoms with Gasteiger partial charge < -0.3 is 9.32 Å². The van der Waals surface area contributed by atoms with Gasteiger partial charge in [-0.25, -0.2) is 0 Å². The molecule has 0 saturated carbocycles. The molecule has 1 atom stereocenters. The molecule has 2 aliphatic rings. The van der Waals surface area contributed by atoms with E-state index in [0.29, 0.717) is 0 Å². The Kier molecular flexibility index (Phi) is 10.1. The van der Waals surface area contributed by atoms with Crippen LogP contribution in [0.2, 0.25) is 0 Å². The average Bonchev–Trinajstić information content (AvgIpc) is 4.10. The zero-order valence-electron chi connectivity index (χ0n) is 40.0. The molecule has 0 amide bonds. The minimum Gasteiger partial charge on any atom is -0.459 e. The van der Waals surface area contributed by atoms with Crippen LogP contribution in [0.15, 0.2) is 283 Å². The van der Waals surface area contributed by atoms with Gasteiger partial charge in [-0.05, 0) is 144 Å². The molecule has 1 unspecified atom stereocenters. The summed E-state index contributed by atoms with van der Waals surface area (Å²) in [6.07, 6.45) is 2.38. The van der Waals surface area contributed by atoms with Crippen LogP contribution in [0.4, 0.5) is 17.1 Å². The molecule has 0 fully saturated rings. The van der Waals surface area contributed by atoms with Gasteiger partial charge in [-0.3, -0.25) is 0 Å². The predicted octanol–water partition coefficient (Wildman–Crippen LogP) is 18.8. The Balaban J connectivity index is 0.950. The van der Waals surface area contributed by atoms with E-state index in [-0.39, 0.29) is 0 Å². The lowest BCUT2D eigenvalue weighted by molar-refractivity contribution is 0.506. The monoisotopic (exact) mass is 929 g/mol. The Morgan fingerprint density at radius 2 is 0.822 bits per heavy atom. The summed E-state index contributed by atoms with van der Waals surface area (Å²) in [5.74, 6) is 0.980. The van der Waals surface area contributed by atoms with Crippen LogP contribution in [0.5, 0.6) is 0 Å². The van der Waals surface area contributed by atoms with Gasteiger partial charge in [0.25, 0.3) is 0 Å². The SMILES string of the molecule is C(=C(c1ccc(-c2ccccc2)cc1)c1ccc(-c2ccccc2)cc1)c1ccc2c(c1)C1(c3ccccc3-c3cc(N(c4ccccc4)c4ccc(-c5ccccc5)cc4)ccc31)c1oc3ccccc3c1-2. The maximum atomic E-state index is 7.24. The lowest BCUT2D eigenvalue weighted by atomic mass is 9.73. The van der Waals surface area contributed by atoms with Crippen molar-refractivity contribution in [2.45, 2.75) is 5.41 Å². The lowest BCUT2D eigenvalue weighted by Gasteiger charge is -2.29. The van der Waals surface area contributed by atoms with Crippen molar-refractivity contribution < 1.29 is 4.42 Å². The Morgan fingerprint density at radius 1 is 0.342 bits per heavy atom. The van der Waals surface area contributed by atoms with Crippen LogP contribution in [-0.4, -0.2) is 0 Å². The van der Waals surface area contributed by atoms with E-state index in [2.05, 4.69) is 290 Å². The van der Waals surface area contributed by atoms with Gasteiger partial charge in [0.05, 0.1) is 0 Å². The first-order valence-electron chi connectivity index (χ1n) is 25.1. The van der Waals surface area contributed by atoms with E-state index >= 15 is 0 Å². The number of para-hydroxylation sites is 2. The summed E-state index contributed by atoms with van der Waals surface area (Å²) in [6, 6.07) is 101. The highest BCUT2D eigenvalue weighted by atomic mass is 16.3. The van der Waals surface area contributed by atoms with Gasteiger partial charge in [0.2, 0.25) is 0 Å². The van der Waals surface area contributed by atoms with E-state index < -0.39 is 5.41 Å². The topological polar surface area (TPSA) is 16.4 Å². The molecule has 11 aromatic carbocycles. The minimum atomic E-state index is -0.707. The van der Waals surface area contributed by atoms with Crippen LogP contribution in [0.3, 0.4) is 0 Å². The van der Waals surface area contributed by atoms with E-state index in [0.717, 1.165) is 56.1 Å². The Bertz CT molecular complexity index is 3940. The third kappa shape index (κ3) is 7.02. The van der Waals surface area contributed by atoms with Crippen molar-refractivity contribution >= 4 is 39.7 Å². The normalized spacial score (nSPS) is 13.8. The zero-order valence-corrected chi connectivity index (χ0v) is 40.0. The fraction of sp³-hybridized carbons (Fsp3) is 0.0141. The molecule has 2 aliphatic carbocycles. The summed E-state index contributed by atoms with van der Waals surface area (Å²) in [6.45, 7) is 0. The second-order valence-electron chi connectivity index (χ2n) is 19.2. The number of furan rings is 1. The highest BCUT2D eigenvalue weighted by Gasteiger charge is 2.55. The van der Waals surface area contributed by atoms with E-state index in [1.165, 1.54) is 72.3 Å². The van der Waals surface area contributed by atoms with Gasteiger partial charge in [-0.2, -0.15) is 0 Å². The second-order valence-corrected chi connectivity index (χ2v) is 19.2. The Labute approximate surface area is 426 Å². The van der Waals surface area contributed by atoms with E-state index in [1.54, 1.807) is 0 Å². The molecule has 0 radical (unpaired) electrons. The van der Waals surface area contributed by atoms with Crippen LogP contribution >= 0.6 is 0 Å². The molecule has 73 heavy (non-hydrogen) atoms. The summed E-state index contributed by atoms with van der Waals surface area (Å²) >= 11 is 0. The first-order chi connectivity index (χ1) is 36.2. The molecule has 2 nitrogen and oxygen atoms in total. The van der Waals surface area contributed by atoms with Crippen molar-refractivity contribution in [3.63, 3.8) is 0 Å². The number of fused-ring (bicyclic) bond motifs is 12. The van der Waals surface area contributed by atoms with Crippen molar-refractivity contribution in [1.29, 1.82) is 0 Å². The average molecular weight is 930 g/mol. The van der Waals surface area contributed by atoms with Crippen molar-refractivity contribution in [1.82, 2.24) is 0 Å². The van der Waals surface area contributed by atoms with E-state index in [4.69, 9.17) is 4.42 Å². The first kappa shape index (κ1) is 42.4. The van der Waals surface area contributed by atoms with Crippen LogP contribution in [0.1, 0.15) is 39.1 Å². The zero-order chi connectivity index (χ0) is 48.3. The third-order valence-electron chi connectivity index (χ3n) is 15.1. The molecule has 0 aliphatic heterocycles. The summed E-state index contributed by atoms with van der Waals surface area (Å²) in [5.41, 5.74) is 23.7. The highest BCUT2D eigenvalue weighted by Crippen LogP contribution is 2.65. The summed E-state index contributed by atoms with van der Waals surface area (Å²) in [7, 11) is 0. The molecular formula is C71H47NO. The standard InChI is InChI=1S/C71H47NO/c1-5-17-49(18-6-1)52-30-34-55(35-31-52)63(56-36-32-53(33-37-56)50-19-7-2-8-20-50)45-48-29-43-61-67(46-48)71(70-69(61)62-26-14-16-28-68(62)73-70)65-27-15-13-25-60(65)64-47-59(42-44-66(64)71)72(57-23-11-4-12-24-57)58-40-38-54(39-41-58)51-21-9-3-10-22-51/h1-47H. The maximum absolute atomic E-state index is 7.24. The van der Waals surface area contributed by atoms with Crippen LogP contribution in [0, 0.1) is 0 Å². The maximum Gasteiger partial charge on any atom is 0.135 e. The van der Waals surface area contributed by atoms with Crippen LogP contribution < -0.4 is 4.90 Å². The van der Waals surface area contributed by atoms with Crippen molar-refractivity contribution in [2.75, 3.05) is 4.90 Å². The number of rotatable bonds is 9. The molecule has 0 N–H and O–H groups in total. The largest absolute Gasteiger partial charge is 0.459 e. The third-order valence-corrected chi connectivity index (χ3v) is 15.1. The minimum absolute atomic E-state index is 0.707. The van der Waals surface area contributed by atoms with E-state index in [9.17, 15) is 0 Å². The molecule has 14 rings (SSSR count). The van der Waals surface area contributed by atoms with Gasteiger partial charge >= 0.3 is 0 Å². The molecular weight excluding hydrogens is 883 g/mol. The molecule has 1 heterocycles. The predicted molar refractivity (Wildman–Crippen MR) is 303 cm³/mol. The molecule has 2 heteroatoms. The van der Waals surface area contributed by atoms with Gasteiger partial charge in [0.15, 0.2) is 0 Å². The van der Waals surface area contributed by atoms with Gasteiger partial charge in [-0.15, -0.1) is 0 Å². The molecule has 0 saturated heterocycles. The second kappa shape index (κ2) is 17.4. The smallest absolute Gasteiger partial charge is 0.135 e. The fourth-order valence-corrected chi connectivity index (χ4v) is 11.7. The first-order valence-corrected chi connectivity index (χ1v) is 25.1. The molecule has 1 aromatic heterocycles. The van der Waals surface area contributed by atoms with Gasteiger partial charge in [-0.1, -0.05) is 231 Å². The van der Waals surface area contributed by atoms with Crippen molar-refractivity contribution in [3.05, 3.63) is 318 Å². The molecule has 1 spiro atoms. The van der Waals surface area contributed by atoms with Crippen LogP contribution in [0.25, 0.3) is 78.3 Å². The Hall–Kier alpha value is -9.50. The molecule has 12 aromatic rings. The number of anilines is 3. The quantitative estimate of drug-likeness (QED) is 0.134. The fourth-order valence-electron chi connectivity index (χ4n) is 11.7. The molecule has 0 bridgehead atoms. The summed E-state index contributed by atoms with van der Waals surface area (Å²) < 4.78 is 7.24. The van der Waals surface area contributed by atoms with Crippen molar-refractivity contribution in [3.8, 4) is 55.6 Å². The van der Waals surface area contributed by atoms with Gasteiger partial charge in [0.1, 0.15) is 16.8 Å². The lowest BCUT2D eigenvalue weighted by Crippen LogP contribution is -2.25. The van der Waals surface area contributed by atoms with Gasteiger partial charge in [0, 0.05) is 28.0 Å². The molecule has 342 valence electrons. The highest BCUT2D eigenvalue weighted by molar-refractivity contribution is 6.05. The number of benzene rings is 11. The number of nitrogens with zero attached hydrogens (tertiary/aromatic N) is 1.